The van der Waals surface area contributed by atoms with Gasteiger partial charge in [0.2, 0.25) is 0 Å². The third-order valence-electron chi connectivity index (χ3n) is 4.88. The van der Waals surface area contributed by atoms with E-state index in [9.17, 15) is 4.79 Å². The zero-order chi connectivity index (χ0) is 19.3. The minimum Gasteiger partial charge on any atom is -0.460 e. The highest BCUT2D eigenvalue weighted by Gasteiger charge is 2.23. The lowest BCUT2D eigenvalue weighted by molar-refractivity contribution is 0.251. The highest BCUT2D eigenvalue weighted by Crippen LogP contribution is 2.23. The second-order valence-electron chi connectivity index (χ2n) is 7.23. The summed E-state index contributed by atoms with van der Waals surface area (Å²) in [7, 11) is 0. The molecule has 0 saturated heterocycles. The van der Waals surface area contributed by atoms with E-state index in [2.05, 4.69) is 22.9 Å². The van der Waals surface area contributed by atoms with Crippen molar-refractivity contribution in [1.82, 2.24) is 10.6 Å². The van der Waals surface area contributed by atoms with Crippen molar-refractivity contribution in [2.45, 2.75) is 38.4 Å². The summed E-state index contributed by atoms with van der Waals surface area (Å²) < 4.78 is 5.94. The first kappa shape index (κ1) is 18.3. The number of nitrogens with one attached hydrogen (secondary N) is 3. The minimum atomic E-state index is -0.131. The Morgan fingerprint density at radius 1 is 1.04 bits per heavy atom. The van der Waals surface area contributed by atoms with Crippen LogP contribution in [0.25, 0.3) is 11.3 Å². The summed E-state index contributed by atoms with van der Waals surface area (Å²) in [6, 6.07) is 22.4. The van der Waals surface area contributed by atoms with E-state index in [1.54, 1.807) is 0 Å². The van der Waals surface area contributed by atoms with E-state index in [1.165, 1.54) is 0 Å². The van der Waals surface area contributed by atoms with E-state index in [1.807, 2.05) is 66.7 Å². The molecule has 1 fully saturated rings. The third-order valence-corrected chi connectivity index (χ3v) is 4.88. The van der Waals surface area contributed by atoms with Gasteiger partial charge in [0, 0.05) is 23.3 Å². The number of rotatable bonds is 7. The Kier molecular flexibility index (Phi) is 5.44. The van der Waals surface area contributed by atoms with Crippen molar-refractivity contribution < 1.29 is 9.21 Å². The van der Waals surface area contributed by atoms with Crippen LogP contribution in [0, 0.1) is 0 Å². The quantitative estimate of drug-likeness (QED) is 0.539. The Bertz CT molecular complexity index is 915. The number of anilines is 1. The van der Waals surface area contributed by atoms with Crippen molar-refractivity contribution in [2.24, 2.45) is 0 Å². The summed E-state index contributed by atoms with van der Waals surface area (Å²) in [4.78, 5) is 11.8. The standard InChI is InChI=1S/C23H25N3O2/c1-16(17-7-9-19(10-8-17)25-23(27)26-20-11-12-20)24-15-21-13-14-22(28-21)18-5-3-2-4-6-18/h2-10,13-14,16,20,24H,11-12,15H2,1H3,(H2,25,26,27). The Labute approximate surface area is 165 Å². The van der Waals surface area contributed by atoms with Crippen LogP contribution >= 0.6 is 0 Å². The average Bonchev–Trinajstić information content (AvgIpc) is 3.40. The number of amides is 2. The Balaban J connectivity index is 1.29. The first-order valence-electron chi connectivity index (χ1n) is 9.72. The van der Waals surface area contributed by atoms with Crippen molar-refractivity contribution in [1.29, 1.82) is 0 Å². The maximum absolute atomic E-state index is 11.8. The van der Waals surface area contributed by atoms with Gasteiger partial charge >= 0.3 is 6.03 Å². The molecule has 0 spiro atoms. The number of hydrogen-bond acceptors (Lipinski definition) is 3. The van der Waals surface area contributed by atoms with E-state index in [4.69, 9.17) is 4.42 Å². The SMILES string of the molecule is CC(NCc1ccc(-c2ccccc2)o1)c1ccc(NC(=O)NC2CC2)cc1. The zero-order valence-electron chi connectivity index (χ0n) is 15.9. The summed E-state index contributed by atoms with van der Waals surface area (Å²) in [5.41, 5.74) is 3.03. The van der Waals surface area contributed by atoms with Gasteiger partial charge in [0.25, 0.3) is 0 Å². The lowest BCUT2D eigenvalue weighted by atomic mass is 10.1. The van der Waals surface area contributed by atoms with Gasteiger partial charge in [0.1, 0.15) is 11.5 Å². The van der Waals surface area contributed by atoms with Gasteiger partial charge in [-0.3, -0.25) is 0 Å². The molecule has 1 atom stereocenters. The van der Waals surface area contributed by atoms with Gasteiger partial charge in [-0.1, -0.05) is 42.5 Å². The molecule has 3 aromatic rings. The molecule has 1 saturated carbocycles. The molecule has 1 aliphatic rings. The molecular formula is C23H25N3O2. The van der Waals surface area contributed by atoms with Crippen LogP contribution in [0.5, 0.6) is 0 Å². The van der Waals surface area contributed by atoms with Crippen LogP contribution in [0.2, 0.25) is 0 Å². The molecule has 0 aliphatic heterocycles. The Morgan fingerprint density at radius 3 is 2.50 bits per heavy atom. The van der Waals surface area contributed by atoms with E-state index in [0.29, 0.717) is 12.6 Å². The van der Waals surface area contributed by atoms with E-state index >= 15 is 0 Å². The third kappa shape index (κ3) is 4.81. The lowest BCUT2D eigenvalue weighted by Gasteiger charge is -2.14. The van der Waals surface area contributed by atoms with E-state index in [-0.39, 0.29) is 12.1 Å². The van der Waals surface area contributed by atoms with E-state index < -0.39 is 0 Å². The van der Waals surface area contributed by atoms with Gasteiger partial charge in [-0.15, -0.1) is 0 Å². The summed E-state index contributed by atoms with van der Waals surface area (Å²) in [5, 5.41) is 9.27. The average molecular weight is 375 g/mol. The zero-order valence-corrected chi connectivity index (χ0v) is 15.9. The maximum Gasteiger partial charge on any atom is 0.319 e. The summed E-state index contributed by atoms with van der Waals surface area (Å²) in [6.45, 7) is 2.76. The number of carbonyl (C=O) groups excluding carboxylic acids is 1. The van der Waals surface area contributed by atoms with Crippen LogP contribution in [0.4, 0.5) is 10.5 Å². The van der Waals surface area contributed by atoms with Crippen molar-refractivity contribution in [3.05, 3.63) is 78.1 Å². The summed E-state index contributed by atoms with van der Waals surface area (Å²) in [6.07, 6.45) is 2.16. The fourth-order valence-corrected chi connectivity index (χ4v) is 3.04. The molecule has 5 nitrogen and oxygen atoms in total. The van der Waals surface area contributed by atoms with Gasteiger partial charge < -0.3 is 20.4 Å². The van der Waals surface area contributed by atoms with Crippen molar-refractivity contribution >= 4 is 11.7 Å². The van der Waals surface area contributed by atoms with Crippen LogP contribution in [-0.4, -0.2) is 12.1 Å². The summed E-state index contributed by atoms with van der Waals surface area (Å²) >= 11 is 0. The molecule has 1 unspecified atom stereocenters. The molecule has 0 radical (unpaired) electrons. The molecule has 2 aromatic carbocycles. The molecule has 1 heterocycles. The molecule has 144 valence electrons. The van der Waals surface area contributed by atoms with Gasteiger partial charge in [0.15, 0.2) is 0 Å². The molecule has 4 rings (SSSR count). The normalized spacial score (nSPS) is 14.5. The van der Waals surface area contributed by atoms with Crippen molar-refractivity contribution in [2.75, 3.05) is 5.32 Å². The monoisotopic (exact) mass is 375 g/mol. The number of carbonyl (C=O) groups is 1. The van der Waals surface area contributed by atoms with Crippen molar-refractivity contribution in [3.63, 3.8) is 0 Å². The van der Waals surface area contributed by atoms with Gasteiger partial charge in [-0.2, -0.15) is 0 Å². The molecule has 5 heteroatoms. The molecule has 28 heavy (non-hydrogen) atoms. The first-order chi connectivity index (χ1) is 13.7. The number of hydrogen-bond donors (Lipinski definition) is 3. The van der Waals surface area contributed by atoms with Gasteiger partial charge in [-0.05, 0) is 49.6 Å². The largest absolute Gasteiger partial charge is 0.460 e. The Morgan fingerprint density at radius 2 is 1.79 bits per heavy atom. The van der Waals surface area contributed by atoms with Gasteiger partial charge in [-0.25, -0.2) is 4.79 Å². The first-order valence-corrected chi connectivity index (χ1v) is 9.72. The fraction of sp³-hybridized carbons (Fsp3) is 0.261. The molecule has 1 aliphatic carbocycles. The molecule has 3 N–H and O–H groups in total. The van der Waals surface area contributed by atoms with Crippen molar-refractivity contribution in [3.8, 4) is 11.3 Å². The fourth-order valence-electron chi connectivity index (χ4n) is 3.04. The van der Waals surface area contributed by atoms with Crippen LogP contribution in [0.1, 0.15) is 37.1 Å². The number of furan rings is 1. The lowest BCUT2D eigenvalue weighted by Crippen LogP contribution is -2.30. The van der Waals surface area contributed by atoms with Crippen LogP contribution in [-0.2, 0) is 6.54 Å². The predicted molar refractivity (Wildman–Crippen MR) is 111 cm³/mol. The maximum atomic E-state index is 11.8. The van der Waals surface area contributed by atoms with Crippen LogP contribution in [0.15, 0.2) is 71.1 Å². The highest BCUT2D eigenvalue weighted by atomic mass is 16.3. The second-order valence-corrected chi connectivity index (χ2v) is 7.23. The van der Waals surface area contributed by atoms with Crippen LogP contribution in [0.3, 0.4) is 0 Å². The highest BCUT2D eigenvalue weighted by molar-refractivity contribution is 5.89. The second kappa shape index (κ2) is 8.31. The minimum absolute atomic E-state index is 0.131. The molecule has 1 aromatic heterocycles. The summed E-state index contributed by atoms with van der Waals surface area (Å²) in [5.74, 6) is 1.78. The Hall–Kier alpha value is -3.05. The number of urea groups is 1. The smallest absolute Gasteiger partial charge is 0.319 e. The topological polar surface area (TPSA) is 66.3 Å². The van der Waals surface area contributed by atoms with Gasteiger partial charge in [0.05, 0.1) is 6.54 Å². The molecule has 2 amide bonds. The van der Waals surface area contributed by atoms with E-state index in [0.717, 1.165) is 41.2 Å². The van der Waals surface area contributed by atoms with Crippen LogP contribution < -0.4 is 16.0 Å². The molecular weight excluding hydrogens is 350 g/mol. The number of benzene rings is 2. The molecule has 0 bridgehead atoms. The predicted octanol–water partition coefficient (Wildman–Crippen LogP) is 5.08.